The van der Waals surface area contributed by atoms with Crippen LogP contribution in [0.5, 0.6) is 0 Å². The summed E-state index contributed by atoms with van der Waals surface area (Å²) in [6.07, 6.45) is 0.829. The predicted octanol–water partition coefficient (Wildman–Crippen LogP) is -0.149. The number of aliphatic hydroxyl groups is 1. The molecule has 1 amide bonds. The monoisotopic (exact) mass is 173 g/mol. The van der Waals surface area contributed by atoms with Crippen molar-refractivity contribution in [3.05, 3.63) is 0 Å². The molecular weight excluding hydrogens is 158 g/mol. The maximum atomic E-state index is 10.9. The minimum atomic E-state index is -0.830. The Bertz CT molecular complexity index is 156. The first-order chi connectivity index (χ1) is 5.61. The molecule has 4 nitrogen and oxygen atoms in total. The van der Waals surface area contributed by atoms with E-state index in [0.717, 1.165) is 6.42 Å². The smallest absolute Gasteiger partial charge is 0.220 e. The highest BCUT2D eigenvalue weighted by atomic mass is 16.3. The van der Waals surface area contributed by atoms with E-state index in [-0.39, 0.29) is 5.91 Å². The van der Waals surface area contributed by atoms with Crippen molar-refractivity contribution in [3.63, 3.8) is 0 Å². The SMILES string of the molecule is CCCC(=O)NC(C=O)C(C)O. The molecule has 0 bridgehead atoms. The second kappa shape index (κ2) is 5.71. The lowest BCUT2D eigenvalue weighted by Gasteiger charge is -2.14. The zero-order chi connectivity index (χ0) is 9.56. The zero-order valence-electron chi connectivity index (χ0n) is 7.41. The molecular formula is C8H15NO3. The number of nitrogens with one attached hydrogen (secondary N) is 1. The Morgan fingerprint density at radius 2 is 2.25 bits per heavy atom. The fourth-order valence-electron chi connectivity index (χ4n) is 0.753. The summed E-state index contributed by atoms with van der Waals surface area (Å²) < 4.78 is 0. The minimum absolute atomic E-state index is 0.199. The van der Waals surface area contributed by atoms with Gasteiger partial charge in [0.05, 0.1) is 6.10 Å². The van der Waals surface area contributed by atoms with Crippen LogP contribution in [0.3, 0.4) is 0 Å². The van der Waals surface area contributed by atoms with Crippen molar-refractivity contribution in [2.45, 2.75) is 38.8 Å². The van der Waals surface area contributed by atoms with Crippen molar-refractivity contribution in [1.82, 2.24) is 5.32 Å². The van der Waals surface area contributed by atoms with Gasteiger partial charge >= 0.3 is 0 Å². The number of aldehydes is 1. The van der Waals surface area contributed by atoms with Gasteiger partial charge in [-0.25, -0.2) is 0 Å². The average molecular weight is 173 g/mol. The van der Waals surface area contributed by atoms with E-state index in [4.69, 9.17) is 5.11 Å². The molecule has 2 N–H and O–H groups in total. The Kier molecular flexibility index (Phi) is 5.28. The molecule has 0 aromatic rings. The molecule has 0 rings (SSSR count). The summed E-state index contributed by atoms with van der Waals surface area (Å²) >= 11 is 0. The summed E-state index contributed by atoms with van der Waals surface area (Å²) in [6, 6.07) is -0.774. The van der Waals surface area contributed by atoms with Crippen LogP contribution in [0.15, 0.2) is 0 Å². The molecule has 0 saturated carbocycles. The van der Waals surface area contributed by atoms with Gasteiger partial charge in [-0.2, -0.15) is 0 Å². The molecule has 12 heavy (non-hydrogen) atoms. The van der Waals surface area contributed by atoms with Crippen molar-refractivity contribution in [1.29, 1.82) is 0 Å². The number of hydrogen-bond acceptors (Lipinski definition) is 3. The summed E-state index contributed by atoms with van der Waals surface area (Å²) in [5, 5.41) is 11.4. The molecule has 4 heteroatoms. The Morgan fingerprint density at radius 1 is 1.67 bits per heavy atom. The first-order valence-electron chi connectivity index (χ1n) is 4.04. The van der Waals surface area contributed by atoms with E-state index in [0.29, 0.717) is 12.7 Å². The van der Waals surface area contributed by atoms with E-state index in [9.17, 15) is 9.59 Å². The summed E-state index contributed by atoms with van der Waals surface area (Å²) in [7, 11) is 0. The standard InChI is InChI=1S/C8H15NO3/c1-3-4-8(12)9-7(5-10)6(2)11/h5-7,11H,3-4H2,1-2H3,(H,9,12). The third-order valence-corrected chi connectivity index (χ3v) is 1.47. The number of hydrogen-bond donors (Lipinski definition) is 2. The molecule has 70 valence electrons. The number of aliphatic hydroxyl groups excluding tert-OH is 1. The minimum Gasteiger partial charge on any atom is -0.391 e. The second-order valence-electron chi connectivity index (χ2n) is 2.72. The highest BCUT2D eigenvalue weighted by molar-refractivity contribution is 5.79. The van der Waals surface area contributed by atoms with Crippen LogP contribution in [0.25, 0.3) is 0 Å². The van der Waals surface area contributed by atoms with Crippen molar-refractivity contribution in [2.75, 3.05) is 0 Å². The number of carbonyl (C=O) groups excluding carboxylic acids is 2. The molecule has 0 saturated heterocycles. The van der Waals surface area contributed by atoms with Gasteiger partial charge < -0.3 is 15.2 Å². The van der Waals surface area contributed by atoms with E-state index in [1.807, 2.05) is 6.92 Å². The zero-order valence-corrected chi connectivity index (χ0v) is 7.41. The first kappa shape index (κ1) is 11.1. The summed E-state index contributed by atoms with van der Waals surface area (Å²) in [5.74, 6) is -0.199. The topological polar surface area (TPSA) is 66.4 Å². The van der Waals surface area contributed by atoms with Gasteiger partial charge in [0.2, 0.25) is 5.91 Å². The summed E-state index contributed by atoms with van der Waals surface area (Å²) in [6.45, 7) is 3.34. The molecule has 0 aliphatic rings. The molecule has 0 aromatic heterocycles. The van der Waals surface area contributed by atoms with E-state index in [1.54, 1.807) is 0 Å². The quantitative estimate of drug-likeness (QED) is 0.568. The highest BCUT2D eigenvalue weighted by Gasteiger charge is 2.15. The van der Waals surface area contributed by atoms with Crippen LogP contribution < -0.4 is 5.32 Å². The van der Waals surface area contributed by atoms with E-state index >= 15 is 0 Å². The normalized spacial score (nSPS) is 14.9. The van der Waals surface area contributed by atoms with Crippen LogP contribution in [0.4, 0.5) is 0 Å². The van der Waals surface area contributed by atoms with Crippen molar-refractivity contribution in [3.8, 4) is 0 Å². The van der Waals surface area contributed by atoms with E-state index < -0.39 is 12.1 Å². The second-order valence-corrected chi connectivity index (χ2v) is 2.72. The summed E-state index contributed by atoms with van der Waals surface area (Å²) in [4.78, 5) is 21.2. The first-order valence-corrected chi connectivity index (χ1v) is 4.04. The average Bonchev–Trinajstić information content (AvgIpc) is 2.00. The van der Waals surface area contributed by atoms with Crippen LogP contribution in [-0.4, -0.2) is 29.4 Å². The van der Waals surface area contributed by atoms with Gasteiger partial charge in [-0.05, 0) is 13.3 Å². The van der Waals surface area contributed by atoms with Crippen LogP contribution in [0.2, 0.25) is 0 Å². The van der Waals surface area contributed by atoms with Gasteiger partial charge in [-0.15, -0.1) is 0 Å². The molecule has 0 aliphatic heterocycles. The molecule has 0 radical (unpaired) electrons. The Balaban J connectivity index is 3.85. The van der Waals surface area contributed by atoms with Gasteiger partial charge in [0.15, 0.2) is 0 Å². The number of amides is 1. The third-order valence-electron chi connectivity index (χ3n) is 1.47. The lowest BCUT2D eigenvalue weighted by atomic mass is 10.2. The van der Waals surface area contributed by atoms with Crippen LogP contribution >= 0.6 is 0 Å². The fourth-order valence-corrected chi connectivity index (χ4v) is 0.753. The predicted molar refractivity (Wildman–Crippen MR) is 44.6 cm³/mol. The number of rotatable bonds is 5. The van der Waals surface area contributed by atoms with Gasteiger partial charge in [0.25, 0.3) is 0 Å². The Labute approximate surface area is 72.0 Å². The largest absolute Gasteiger partial charge is 0.391 e. The third kappa shape index (κ3) is 4.08. The molecule has 0 aliphatic carbocycles. The van der Waals surface area contributed by atoms with Crippen molar-refractivity contribution in [2.24, 2.45) is 0 Å². The maximum Gasteiger partial charge on any atom is 0.220 e. The Morgan fingerprint density at radius 3 is 2.58 bits per heavy atom. The van der Waals surface area contributed by atoms with Crippen LogP contribution in [-0.2, 0) is 9.59 Å². The fraction of sp³-hybridized carbons (Fsp3) is 0.750. The van der Waals surface area contributed by atoms with Crippen molar-refractivity contribution < 1.29 is 14.7 Å². The molecule has 0 heterocycles. The molecule has 0 aromatic carbocycles. The molecule has 0 spiro atoms. The van der Waals surface area contributed by atoms with E-state index in [1.165, 1.54) is 6.92 Å². The van der Waals surface area contributed by atoms with Gasteiger partial charge in [-0.3, -0.25) is 4.79 Å². The lowest BCUT2D eigenvalue weighted by molar-refractivity contribution is -0.125. The molecule has 0 fully saturated rings. The molecule has 2 unspecified atom stereocenters. The highest BCUT2D eigenvalue weighted by Crippen LogP contribution is 1.92. The molecule has 2 atom stereocenters. The Hall–Kier alpha value is -0.900. The van der Waals surface area contributed by atoms with Crippen LogP contribution in [0.1, 0.15) is 26.7 Å². The van der Waals surface area contributed by atoms with Gasteiger partial charge in [0, 0.05) is 6.42 Å². The lowest BCUT2D eigenvalue weighted by Crippen LogP contribution is -2.43. The number of carbonyl (C=O) groups is 2. The van der Waals surface area contributed by atoms with Gasteiger partial charge in [-0.1, -0.05) is 6.92 Å². The maximum absolute atomic E-state index is 10.9. The van der Waals surface area contributed by atoms with Crippen LogP contribution in [0, 0.1) is 0 Å². The van der Waals surface area contributed by atoms with Crippen molar-refractivity contribution >= 4 is 12.2 Å². The van der Waals surface area contributed by atoms with Gasteiger partial charge in [0.1, 0.15) is 12.3 Å². The summed E-state index contributed by atoms with van der Waals surface area (Å²) in [5.41, 5.74) is 0. The van der Waals surface area contributed by atoms with E-state index in [2.05, 4.69) is 5.32 Å².